The van der Waals surface area contributed by atoms with Gasteiger partial charge in [-0.05, 0) is 54.1 Å². The molecule has 0 aliphatic rings. The van der Waals surface area contributed by atoms with Crippen molar-refractivity contribution >= 4 is 17.5 Å². The van der Waals surface area contributed by atoms with Gasteiger partial charge in [0, 0.05) is 11.2 Å². The molecule has 0 fully saturated rings. The van der Waals surface area contributed by atoms with E-state index in [9.17, 15) is 18.8 Å². The van der Waals surface area contributed by atoms with E-state index in [1.54, 1.807) is 48.7 Å². The number of nitrogens with one attached hydrogen (secondary N) is 1. The van der Waals surface area contributed by atoms with Gasteiger partial charge in [-0.2, -0.15) is 9.78 Å². The number of aromatic nitrogens is 4. The van der Waals surface area contributed by atoms with Crippen LogP contribution in [0.3, 0.4) is 0 Å². The predicted octanol–water partition coefficient (Wildman–Crippen LogP) is 2.56. The van der Waals surface area contributed by atoms with Crippen LogP contribution < -0.4 is 16.6 Å². The first-order chi connectivity index (χ1) is 15.9. The van der Waals surface area contributed by atoms with Crippen LogP contribution in [-0.2, 0) is 13.1 Å². The molecule has 4 rings (SSSR count). The lowest BCUT2D eigenvalue weighted by molar-refractivity contribution is 0.0940. The lowest BCUT2D eigenvalue weighted by Gasteiger charge is -2.12. The fourth-order valence-corrected chi connectivity index (χ4v) is 3.20. The molecule has 2 aromatic carbocycles. The quantitative estimate of drug-likeness (QED) is 0.472. The minimum absolute atomic E-state index is 0.0683. The number of nitrogens with zero attached hydrogens (tertiary/aromatic N) is 4. The number of halogens is 2. The first kappa shape index (κ1) is 22.1. The molecule has 10 heteroatoms. The predicted molar refractivity (Wildman–Crippen MR) is 120 cm³/mol. The Morgan fingerprint density at radius 1 is 1.00 bits per heavy atom. The zero-order chi connectivity index (χ0) is 23.4. The van der Waals surface area contributed by atoms with Gasteiger partial charge >= 0.3 is 5.69 Å². The Balaban J connectivity index is 1.77. The smallest absolute Gasteiger partial charge is 0.345 e. The van der Waals surface area contributed by atoms with Crippen molar-refractivity contribution in [2.24, 2.45) is 0 Å². The van der Waals surface area contributed by atoms with E-state index in [1.165, 1.54) is 24.3 Å². The van der Waals surface area contributed by atoms with Crippen molar-refractivity contribution in [3.8, 4) is 5.69 Å². The number of rotatable bonds is 6. The molecule has 2 aromatic heterocycles. The van der Waals surface area contributed by atoms with Crippen molar-refractivity contribution in [2.75, 3.05) is 0 Å². The van der Waals surface area contributed by atoms with Gasteiger partial charge in [0.1, 0.15) is 5.82 Å². The number of benzene rings is 2. The molecule has 0 saturated carbocycles. The first-order valence-corrected chi connectivity index (χ1v) is 10.2. The number of pyridine rings is 1. The average molecular weight is 466 g/mol. The summed E-state index contributed by atoms with van der Waals surface area (Å²) in [5.74, 6) is -1.21. The van der Waals surface area contributed by atoms with Gasteiger partial charge in [-0.1, -0.05) is 29.8 Å². The van der Waals surface area contributed by atoms with Crippen LogP contribution in [0, 0.1) is 5.82 Å². The zero-order valence-electron chi connectivity index (χ0n) is 17.1. The molecule has 0 unspecified atom stereocenters. The van der Waals surface area contributed by atoms with Gasteiger partial charge < -0.3 is 5.32 Å². The molecule has 1 N–H and O–H groups in total. The Labute approximate surface area is 191 Å². The minimum Gasteiger partial charge on any atom is -0.345 e. The largest absolute Gasteiger partial charge is 0.352 e. The molecule has 0 spiro atoms. The molecule has 166 valence electrons. The highest BCUT2D eigenvalue weighted by Crippen LogP contribution is 2.11. The topological polar surface area (TPSA) is 98.9 Å². The van der Waals surface area contributed by atoms with Crippen LogP contribution in [-0.4, -0.2) is 25.2 Å². The van der Waals surface area contributed by atoms with Gasteiger partial charge in [0.05, 0.1) is 24.5 Å². The number of carbonyl (C=O) groups is 1. The summed E-state index contributed by atoms with van der Waals surface area (Å²) in [7, 11) is 0. The summed E-state index contributed by atoms with van der Waals surface area (Å²) in [6, 6.07) is 16.8. The Morgan fingerprint density at radius 3 is 2.39 bits per heavy atom. The monoisotopic (exact) mass is 465 g/mol. The molecular weight excluding hydrogens is 449 g/mol. The highest BCUT2D eigenvalue weighted by atomic mass is 35.5. The summed E-state index contributed by atoms with van der Waals surface area (Å²) >= 11 is 5.93. The maximum Gasteiger partial charge on any atom is 0.352 e. The summed E-state index contributed by atoms with van der Waals surface area (Å²) in [5, 5.41) is 7.08. The van der Waals surface area contributed by atoms with Crippen LogP contribution in [0.1, 0.15) is 21.7 Å². The molecule has 2 heterocycles. The van der Waals surface area contributed by atoms with Crippen LogP contribution >= 0.6 is 11.6 Å². The fourth-order valence-electron chi connectivity index (χ4n) is 3.08. The Morgan fingerprint density at radius 2 is 1.73 bits per heavy atom. The molecule has 0 aliphatic carbocycles. The van der Waals surface area contributed by atoms with E-state index in [0.717, 1.165) is 9.25 Å². The average Bonchev–Trinajstić information content (AvgIpc) is 2.83. The van der Waals surface area contributed by atoms with Crippen molar-refractivity contribution in [1.29, 1.82) is 0 Å². The van der Waals surface area contributed by atoms with Crippen LogP contribution in [0.4, 0.5) is 4.39 Å². The van der Waals surface area contributed by atoms with Gasteiger partial charge in [0.15, 0.2) is 0 Å². The molecule has 8 nitrogen and oxygen atoms in total. The third-order valence-electron chi connectivity index (χ3n) is 4.76. The fraction of sp³-hybridized carbons (Fsp3) is 0.0870. The summed E-state index contributed by atoms with van der Waals surface area (Å²) in [5.41, 5.74) is -0.688. The summed E-state index contributed by atoms with van der Waals surface area (Å²) < 4.78 is 15.1. The van der Waals surface area contributed by atoms with Crippen LogP contribution in [0.25, 0.3) is 5.69 Å². The minimum atomic E-state index is -0.868. The molecule has 0 atom stereocenters. The molecule has 0 saturated heterocycles. The van der Waals surface area contributed by atoms with Gasteiger partial charge in [0.25, 0.3) is 11.5 Å². The Hall–Kier alpha value is -4.11. The van der Waals surface area contributed by atoms with E-state index in [-0.39, 0.29) is 13.1 Å². The second-order valence-corrected chi connectivity index (χ2v) is 7.48. The number of hydrogen-bond acceptors (Lipinski definition) is 5. The summed E-state index contributed by atoms with van der Waals surface area (Å²) in [6.45, 7) is -0.104. The zero-order valence-corrected chi connectivity index (χ0v) is 17.9. The maximum atomic E-state index is 13.3. The number of carbonyl (C=O) groups excluding carboxylic acids is 1. The van der Waals surface area contributed by atoms with E-state index in [4.69, 9.17) is 11.6 Å². The van der Waals surface area contributed by atoms with E-state index in [2.05, 4.69) is 15.4 Å². The molecule has 4 aromatic rings. The van der Waals surface area contributed by atoms with Gasteiger partial charge in [-0.3, -0.25) is 19.1 Å². The van der Waals surface area contributed by atoms with Crippen molar-refractivity contribution in [3.63, 3.8) is 0 Å². The van der Waals surface area contributed by atoms with E-state index >= 15 is 0 Å². The van der Waals surface area contributed by atoms with Crippen LogP contribution in [0.2, 0.25) is 5.02 Å². The number of amides is 1. The molecule has 0 radical (unpaired) electrons. The third-order valence-corrected chi connectivity index (χ3v) is 5.01. The SMILES string of the molecule is O=C(NCc1ccccn1)c1nn(-c2ccc(Cl)cc2)c(=O)n(Cc2ccc(F)cc2)c1=O. The highest BCUT2D eigenvalue weighted by Gasteiger charge is 2.20. The first-order valence-electron chi connectivity index (χ1n) is 9.85. The molecule has 0 aliphatic heterocycles. The van der Waals surface area contributed by atoms with E-state index < -0.39 is 28.7 Å². The molecule has 0 bridgehead atoms. The second-order valence-electron chi connectivity index (χ2n) is 7.04. The maximum absolute atomic E-state index is 13.3. The summed E-state index contributed by atoms with van der Waals surface area (Å²) in [4.78, 5) is 43.1. The van der Waals surface area contributed by atoms with Gasteiger partial charge in [-0.15, -0.1) is 0 Å². The molecular formula is C23H17ClFN5O3. The van der Waals surface area contributed by atoms with Crippen molar-refractivity contribution < 1.29 is 9.18 Å². The lowest BCUT2D eigenvalue weighted by atomic mass is 10.2. The second kappa shape index (κ2) is 9.58. The number of hydrogen-bond donors (Lipinski definition) is 1. The standard InChI is InChI=1S/C23H17ClFN5O3/c24-16-6-10-19(11-7-16)30-23(33)29(14-15-4-8-17(25)9-5-15)22(32)20(28-30)21(31)27-13-18-3-1-2-12-26-18/h1-12H,13-14H2,(H,27,31). The van der Waals surface area contributed by atoms with Gasteiger partial charge in [0.2, 0.25) is 5.69 Å². The third kappa shape index (κ3) is 5.04. The Kier molecular flexibility index (Phi) is 6.41. The van der Waals surface area contributed by atoms with E-state index in [0.29, 0.717) is 22.0 Å². The lowest BCUT2D eigenvalue weighted by Crippen LogP contribution is -2.46. The van der Waals surface area contributed by atoms with Crippen molar-refractivity contribution in [1.82, 2.24) is 24.6 Å². The molecule has 33 heavy (non-hydrogen) atoms. The Bertz CT molecular complexity index is 1400. The van der Waals surface area contributed by atoms with Crippen LogP contribution in [0.15, 0.2) is 82.5 Å². The van der Waals surface area contributed by atoms with E-state index in [1.807, 2.05) is 0 Å². The van der Waals surface area contributed by atoms with Crippen LogP contribution in [0.5, 0.6) is 0 Å². The summed E-state index contributed by atoms with van der Waals surface area (Å²) in [6.07, 6.45) is 1.58. The molecule has 1 amide bonds. The highest BCUT2D eigenvalue weighted by molar-refractivity contribution is 6.30. The van der Waals surface area contributed by atoms with Crippen molar-refractivity contribution in [2.45, 2.75) is 13.1 Å². The van der Waals surface area contributed by atoms with Crippen molar-refractivity contribution in [3.05, 3.63) is 122 Å². The normalized spacial score (nSPS) is 10.7. The van der Waals surface area contributed by atoms with Gasteiger partial charge in [-0.25, -0.2) is 9.18 Å².